The summed E-state index contributed by atoms with van der Waals surface area (Å²) in [4.78, 5) is 3.63. The van der Waals surface area contributed by atoms with Crippen molar-refractivity contribution >= 4 is 28.1 Å². The molecule has 2 heterocycles. The summed E-state index contributed by atoms with van der Waals surface area (Å²) in [6.07, 6.45) is 0. The minimum absolute atomic E-state index is 0.635. The SMILES string of the molecule is Cc1ccc2c(c1)S(=O)c1cc(C)oc1N2c1ccccc1-c1ccccc1. The Balaban J connectivity index is 1.81. The zero-order valence-corrected chi connectivity index (χ0v) is 16.5. The Morgan fingerprint density at radius 3 is 2.36 bits per heavy atom. The largest absolute Gasteiger partial charge is 0.444 e. The number of anilines is 3. The molecular weight excluding hydrogens is 366 g/mol. The van der Waals surface area contributed by atoms with Gasteiger partial charge in [-0.15, -0.1) is 0 Å². The Kier molecular flexibility index (Phi) is 3.95. The number of furan rings is 1. The van der Waals surface area contributed by atoms with E-state index in [-0.39, 0.29) is 0 Å². The summed E-state index contributed by atoms with van der Waals surface area (Å²) in [5.74, 6) is 1.39. The van der Waals surface area contributed by atoms with Crippen LogP contribution >= 0.6 is 0 Å². The number of fused-ring (bicyclic) bond motifs is 2. The zero-order valence-electron chi connectivity index (χ0n) is 15.7. The Morgan fingerprint density at radius 1 is 0.786 bits per heavy atom. The van der Waals surface area contributed by atoms with Crippen LogP contribution in [0.3, 0.4) is 0 Å². The molecule has 1 aliphatic rings. The minimum Gasteiger partial charge on any atom is -0.444 e. The molecule has 0 saturated carbocycles. The van der Waals surface area contributed by atoms with Crippen LogP contribution < -0.4 is 4.90 Å². The first-order valence-corrected chi connectivity index (χ1v) is 10.4. The molecule has 4 aromatic rings. The zero-order chi connectivity index (χ0) is 19.3. The lowest BCUT2D eigenvalue weighted by Gasteiger charge is -2.31. The van der Waals surface area contributed by atoms with Gasteiger partial charge in [-0.05, 0) is 49.2 Å². The summed E-state index contributed by atoms with van der Waals surface area (Å²) in [5.41, 5.74) is 5.22. The van der Waals surface area contributed by atoms with E-state index >= 15 is 0 Å². The van der Waals surface area contributed by atoms with Crippen molar-refractivity contribution < 1.29 is 8.63 Å². The van der Waals surface area contributed by atoms with E-state index in [4.69, 9.17) is 4.42 Å². The van der Waals surface area contributed by atoms with E-state index in [1.165, 1.54) is 0 Å². The highest BCUT2D eigenvalue weighted by Gasteiger charge is 2.33. The van der Waals surface area contributed by atoms with Crippen LogP contribution in [0.15, 0.2) is 93.1 Å². The van der Waals surface area contributed by atoms with Gasteiger partial charge in [0.2, 0.25) is 5.88 Å². The molecule has 28 heavy (non-hydrogen) atoms. The van der Waals surface area contributed by atoms with Crippen molar-refractivity contribution in [3.05, 3.63) is 90.2 Å². The number of rotatable bonds is 2. The van der Waals surface area contributed by atoms with Crippen LogP contribution in [0.5, 0.6) is 0 Å². The average molecular weight is 385 g/mol. The fourth-order valence-corrected chi connectivity index (χ4v) is 5.16. The van der Waals surface area contributed by atoms with Crippen LogP contribution in [-0.2, 0) is 10.8 Å². The lowest BCUT2D eigenvalue weighted by atomic mass is 10.0. The van der Waals surface area contributed by atoms with Crippen LogP contribution in [0.1, 0.15) is 11.3 Å². The van der Waals surface area contributed by atoms with Gasteiger partial charge in [0.25, 0.3) is 0 Å². The standard InChI is InChI=1S/C24H19NO2S/c1-16-12-13-21-22(14-16)28(26)23-15-17(2)27-24(23)25(21)20-11-7-6-10-19(20)18-8-4-3-5-9-18/h3-15H,1-2H3. The maximum atomic E-state index is 13.2. The van der Waals surface area contributed by atoms with Crippen molar-refractivity contribution in [2.45, 2.75) is 23.6 Å². The highest BCUT2D eigenvalue weighted by molar-refractivity contribution is 7.85. The third kappa shape index (κ3) is 2.60. The Morgan fingerprint density at radius 2 is 1.54 bits per heavy atom. The molecule has 0 spiro atoms. The van der Waals surface area contributed by atoms with Gasteiger partial charge in [-0.2, -0.15) is 0 Å². The van der Waals surface area contributed by atoms with Crippen LogP contribution in [0.2, 0.25) is 0 Å². The molecule has 0 saturated heterocycles. The van der Waals surface area contributed by atoms with Gasteiger partial charge in [-0.1, -0.05) is 54.6 Å². The van der Waals surface area contributed by atoms with Crippen LogP contribution in [-0.4, -0.2) is 4.21 Å². The lowest BCUT2D eigenvalue weighted by Crippen LogP contribution is -2.18. The van der Waals surface area contributed by atoms with E-state index in [0.29, 0.717) is 5.88 Å². The van der Waals surface area contributed by atoms with Crippen molar-refractivity contribution in [3.63, 3.8) is 0 Å². The average Bonchev–Trinajstić information content (AvgIpc) is 3.11. The van der Waals surface area contributed by atoms with Crippen molar-refractivity contribution in [1.82, 2.24) is 0 Å². The normalized spacial score (nSPS) is 15.2. The summed E-state index contributed by atoms with van der Waals surface area (Å²) in [6.45, 7) is 3.92. The van der Waals surface area contributed by atoms with E-state index < -0.39 is 10.8 Å². The smallest absolute Gasteiger partial charge is 0.221 e. The van der Waals surface area contributed by atoms with Gasteiger partial charge in [0, 0.05) is 5.56 Å². The summed E-state index contributed by atoms with van der Waals surface area (Å²) in [7, 11) is -1.26. The molecule has 3 nitrogen and oxygen atoms in total. The predicted octanol–water partition coefficient (Wildman–Crippen LogP) is 6.51. The van der Waals surface area contributed by atoms with E-state index in [1.54, 1.807) is 0 Å². The molecule has 1 aliphatic heterocycles. The lowest BCUT2D eigenvalue weighted by molar-refractivity contribution is 0.536. The Bertz CT molecular complexity index is 1210. The summed E-state index contributed by atoms with van der Waals surface area (Å²) < 4.78 is 19.3. The van der Waals surface area contributed by atoms with E-state index in [0.717, 1.165) is 43.6 Å². The number of benzene rings is 3. The highest BCUT2D eigenvalue weighted by Crippen LogP contribution is 2.50. The predicted molar refractivity (Wildman–Crippen MR) is 113 cm³/mol. The molecule has 0 aliphatic carbocycles. The minimum atomic E-state index is -1.26. The van der Waals surface area contributed by atoms with E-state index in [1.807, 2.05) is 62.4 Å². The fraction of sp³-hybridized carbons (Fsp3) is 0.0833. The van der Waals surface area contributed by atoms with Gasteiger partial charge < -0.3 is 4.42 Å². The molecule has 3 aromatic carbocycles. The molecule has 0 N–H and O–H groups in total. The molecule has 0 radical (unpaired) electrons. The number of hydrogen-bond acceptors (Lipinski definition) is 3. The first kappa shape index (κ1) is 17.0. The molecule has 1 atom stereocenters. The van der Waals surface area contributed by atoms with Crippen molar-refractivity contribution in [2.24, 2.45) is 0 Å². The number of hydrogen-bond donors (Lipinski definition) is 0. The summed E-state index contributed by atoms with van der Waals surface area (Å²) in [6, 6.07) is 26.5. The second-order valence-electron chi connectivity index (χ2n) is 6.98. The van der Waals surface area contributed by atoms with Gasteiger partial charge in [-0.25, -0.2) is 4.21 Å². The molecule has 0 amide bonds. The topological polar surface area (TPSA) is 33.5 Å². The van der Waals surface area contributed by atoms with Crippen LogP contribution in [0.25, 0.3) is 11.1 Å². The number of aryl methyl sites for hydroxylation is 2. The molecule has 1 aromatic heterocycles. The third-order valence-corrected chi connectivity index (χ3v) is 6.41. The van der Waals surface area contributed by atoms with Crippen molar-refractivity contribution in [2.75, 3.05) is 4.90 Å². The van der Waals surface area contributed by atoms with E-state index in [2.05, 4.69) is 35.2 Å². The molecule has 0 fully saturated rings. The van der Waals surface area contributed by atoms with Crippen LogP contribution in [0, 0.1) is 13.8 Å². The molecule has 5 rings (SSSR count). The molecular formula is C24H19NO2S. The quantitative estimate of drug-likeness (QED) is 0.347. The second kappa shape index (κ2) is 6.50. The monoisotopic (exact) mass is 385 g/mol. The third-order valence-electron chi connectivity index (χ3n) is 4.99. The summed E-state index contributed by atoms with van der Waals surface area (Å²) in [5, 5.41) is 0. The van der Waals surface area contributed by atoms with Crippen molar-refractivity contribution in [1.29, 1.82) is 0 Å². The second-order valence-corrected chi connectivity index (χ2v) is 8.40. The van der Waals surface area contributed by atoms with Gasteiger partial charge in [0.1, 0.15) is 10.7 Å². The highest BCUT2D eigenvalue weighted by atomic mass is 32.2. The van der Waals surface area contributed by atoms with Gasteiger partial charge >= 0.3 is 0 Å². The molecule has 1 unspecified atom stereocenters. The van der Waals surface area contributed by atoms with Gasteiger partial charge in [0.15, 0.2) is 0 Å². The first-order valence-electron chi connectivity index (χ1n) is 9.21. The maximum Gasteiger partial charge on any atom is 0.221 e. The Labute approximate surface area is 166 Å². The van der Waals surface area contributed by atoms with Gasteiger partial charge in [-0.3, -0.25) is 4.90 Å². The van der Waals surface area contributed by atoms with Crippen LogP contribution in [0.4, 0.5) is 17.3 Å². The number of nitrogens with zero attached hydrogens (tertiary/aromatic N) is 1. The summed E-state index contributed by atoms with van der Waals surface area (Å²) >= 11 is 0. The van der Waals surface area contributed by atoms with Gasteiger partial charge in [0.05, 0.1) is 27.1 Å². The van der Waals surface area contributed by atoms with E-state index in [9.17, 15) is 4.21 Å². The first-order chi connectivity index (χ1) is 13.6. The molecule has 4 heteroatoms. The van der Waals surface area contributed by atoms with Crippen molar-refractivity contribution in [3.8, 4) is 11.1 Å². The number of para-hydroxylation sites is 1. The Hall–Kier alpha value is -3.11. The molecule has 138 valence electrons. The fourth-order valence-electron chi connectivity index (χ4n) is 3.72. The maximum absolute atomic E-state index is 13.2. The molecule has 0 bridgehead atoms.